The Hall–Kier alpha value is -1.74. The SMILES string of the molecule is CCc1ccc(S(=O)(=O)NNS(=O)(=O)c2ccc(C)cc2)cc1. The monoisotopic (exact) mass is 354 g/mol. The fraction of sp³-hybridized carbons (Fsp3) is 0.200. The average Bonchev–Trinajstić information content (AvgIpc) is 2.54. The molecule has 0 aliphatic rings. The van der Waals surface area contributed by atoms with E-state index in [0.717, 1.165) is 17.5 Å². The molecule has 2 aromatic carbocycles. The van der Waals surface area contributed by atoms with Crippen LogP contribution in [0.2, 0.25) is 0 Å². The third-order valence-electron chi connectivity index (χ3n) is 3.28. The van der Waals surface area contributed by atoms with Gasteiger partial charge in [-0.15, -0.1) is 9.66 Å². The zero-order valence-electron chi connectivity index (χ0n) is 12.8. The quantitative estimate of drug-likeness (QED) is 0.773. The zero-order chi connectivity index (χ0) is 17.1. The highest BCUT2D eigenvalue weighted by molar-refractivity contribution is 7.92. The molecule has 0 aromatic heterocycles. The second-order valence-electron chi connectivity index (χ2n) is 5.02. The van der Waals surface area contributed by atoms with Crippen LogP contribution in [0, 0.1) is 6.92 Å². The van der Waals surface area contributed by atoms with E-state index in [4.69, 9.17) is 0 Å². The molecular weight excluding hydrogens is 336 g/mol. The molecule has 0 saturated heterocycles. The number of rotatable bonds is 6. The summed E-state index contributed by atoms with van der Waals surface area (Å²) in [5.41, 5.74) is 1.89. The van der Waals surface area contributed by atoms with Crippen molar-refractivity contribution >= 4 is 20.0 Å². The van der Waals surface area contributed by atoms with Crippen molar-refractivity contribution in [2.75, 3.05) is 0 Å². The van der Waals surface area contributed by atoms with Crippen molar-refractivity contribution in [2.45, 2.75) is 30.1 Å². The van der Waals surface area contributed by atoms with Crippen LogP contribution in [-0.2, 0) is 26.5 Å². The van der Waals surface area contributed by atoms with Crippen molar-refractivity contribution in [3.05, 3.63) is 59.7 Å². The minimum atomic E-state index is -3.97. The highest BCUT2D eigenvalue weighted by Gasteiger charge is 2.19. The predicted molar refractivity (Wildman–Crippen MR) is 87.6 cm³/mol. The molecule has 0 aliphatic carbocycles. The number of nitrogens with one attached hydrogen (secondary N) is 2. The Balaban J connectivity index is 2.16. The lowest BCUT2D eigenvalue weighted by molar-refractivity contribution is 0.557. The van der Waals surface area contributed by atoms with Crippen LogP contribution in [0.15, 0.2) is 58.3 Å². The van der Waals surface area contributed by atoms with Gasteiger partial charge in [0.05, 0.1) is 9.79 Å². The highest BCUT2D eigenvalue weighted by Crippen LogP contribution is 2.12. The second-order valence-corrected chi connectivity index (χ2v) is 8.39. The van der Waals surface area contributed by atoms with E-state index in [0.29, 0.717) is 0 Å². The first kappa shape index (κ1) is 17.6. The minimum absolute atomic E-state index is 0.0127. The van der Waals surface area contributed by atoms with Gasteiger partial charge in [0.25, 0.3) is 20.0 Å². The standard InChI is InChI=1S/C15H18N2O4S2/c1-3-13-6-10-15(11-7-13)23(20,21)17-16-22(18,19)14-8-4-12(2)5-9-14/h4-11,16-17H,3H2,1-2H3. The molecule has 124 valence electrons. The lowest BCUT2D eigenvalue weighted by Gasteiger charge is -2.10. The molecule has 0 aliphatic heterocycles. The average molecular weight is 354 g/mol. The Bertz CT molecular complexity index is 872. The van der Waals surface area contributed by atoms with Crippen LogP contribution in [0.4, 0.5) is 0 Å². The molecule has 0 amide bonds. The number of sulfonamides is 2. The van der Waals surface area contributed by atoms with Gasteiger partial charge in [0.15, 0.2) is 0 Å². The smallest absolute Gasteiger partial charge is 0.206 e. The van der Waals surface area contributed by atoms with Crippen molar-refractivity contribution in [1.29, 1.82) is 0 Å². The van der Waals surface area contributed by atoms with Gasteiger partial charge in [0.2, 0.25) is 0 Å². The summed E-state index contributed by atoms with van der Waals surface area (Å²) in [4.78, 5) is 3.76. The summed E-state index contributed by atoms with van der Waals surface area (Å²) >= 11 is 0. The number of benzene rings is 2. The van der Waals surface area contributed by atoms with Gasteiger partial charge in [-0.2, -0.15) is 0 Å². The minimum Gasteiger partial charge on any atom is -0.206 e. The van der Waals surface area contributed by atoms with Gasteiger partial charge in [0.1, 0.15) is 0 Å². The van der Waals surface area contributed by atoms with Crippen molar-refractivity contribution in [3.63, 3.8) is 0 Å². The van der Waals surface area contributed by atoms with E-state index in [1.807, 2.05) is 23.5 Å². The van der Waals surface area contributed by atoms with E-state index in [1.54, 1.807) is 24.3 Å². The van der Waals surface area contributed by atoms with E-state index in [2.05, 4.69) is 0 Å². The summed E-state index contributed by atoms with van der Waals surface area (Å²) in [6.07, 6.45) is 0.786. The molecule has 0 bridgehead atoms. The second kappa shape index (κ2) is 6.79. The molecule has 2 rings (SSSR count). The predicted octanol–water partition coefficient (Wildman–Crippen LogP) is 1.73. The van der Waals surface area contributed by atoms with Gasteiger partial charge in [-0.05, 0) is 43.2 Å². The fourth-order valence-electron chi connectivity index (χ4n) is 1.85. The maximum Gasteiger partial charge on any atom is 0.254 e. The van der Waals surface area contributed by atoms with Gasteiger partial charge in [0, 0.05) is 0 Å². The highest BCUT2D eigenvalue weighted by atomic mass is 32.2. The first-order chi connectivity index (χ1) is 10.7. The number of hydrazine groups is 1. The first-order valence-electron chi connectivity index (χ1n) is 6.94. The number of aryl methyl sites for hydroxylation is 2. The lowest BCUT2D eigenvalue weighted by Crippen LogP contribution is -2.41. The zero-order valence-corrected chi connectivity index (χ0v) is 14.4. The summed E-state index contributed by atoms with van der Waals surface area (Å²) in [7, 11) is -7.95. The molecule has 6 nitrogen and oxygen atoms in total. The maximum atomic E-state index is 12.1. The topological polar surface area (TPSA) is 92.3 Å². The summed E-state index contributed by atoms with van der Waals surface area (Å²) in [5, 5.41) is 0. The van der Waals surface area contributed by atoms with Crippen LogP contribution < -0.4 is 9.66 Å². The molecule has 0 saturated carbocycles. The van der Waals surface area contributed by atoms with Gasteiger partial charge in [-0.3, -0.25) is 0 Å². The molecule has 0 fully saturated rings. The molecule has 0 heterocycles. The molecule has 0 atom stereocenters. The number of hydrogen-bond acceptors (Lipinski definition) is 4. The van der Waals surface area contributed by atoms with Crippen LogP contribution in [0.1, 0.15) is 18.1 Å². The van der Waals surface area contributed by atoms with Gasteiger partial charge < -0.3 is 0 Å². The Labute approximate surface area is 136 Å². The largest absolute Gasteiger partial charge is 0.254 e. The molecule has 2 aromatic rings. The normalized spacial score (nSPS) is 12.3. The van der Waals surface area contributed by atoms with Crippen LogP contribution in [-0.4, -0.2) is 16.8 Å². The lowest BCUT2D eigenvalue weighted by atomic mass is 10.2. The Morgan fingerprint density at radius 3 is 1.52 bits per heavy atom. The van der Waals surface area contributed by atoms with E-state index in [9.17, 15) is 16.8 Å². The Kier molecular flexibility index (Phi) is 5.20. The van der Waals surface area contributed by atoms with Crippen LogP contribution in [0.25, 0.3) is 0 Å². The van der Waals surface area contributed by atoms with Gasteiger partial charge >= 0.3 is 0 Å². The van der Waals surface area contributed by atoms with Gasteiger partial charge in [-0.25, -0.2) is 16.8 Å². The van der Waals surface area contributed by atoms with Crippen LogP contribution in [0.3, 0.4) is 0 Å². The molecule has 23 heavy (non-hydrogen) atoms. The van der Waals surface area contributed by atoms with E-state index < -0.39 is 20.0 Å². The summed E-state index contributed by atoms with van der Waals surface area (Å²) in [5.74, 6) is 0. The molecular formula is C15H18N2O4S2. The molecule has 0 unspecified atom stereocenters. The third-order valence-corrected chi connectivity index (χ3v) is 5.94. The third kappa shape index (κ3) is 4.38. The van der Waals surface area contributed by atoms with Crippen LogP contribution >= 0.6 is 0 Å². The fourth-order valence-corrected chi connectivity index (χ4v) is 3.95. The number of hydrogen-bond donors (Lipinski definition) is 2. The van der Waals surface area contributed by atoms with Crippen molar-refractivity contribution in [3.8, 4) is 0 Å². The molecule has 2 N–H and O–H groups in total. The maximum absolute atomic E-state index is 12.1. The first-order valence-corrected chi connectivity index (χ1v) is 9.90. The van der Waals surface area contributed by atoms with E-state index in [1.165, 1.54) is 24.3 Å². The molecule has 0 spiro atoms. The Morgan fingerprint density at radius 1 is 0.739 bits per heavy atom. The molecule has 0 radical (unpaired) electrons. The van der Waals surface area contributed by atoms with E-state index in [-0.39, 0.29) is 9.79 Å². The summed E-state index contributed by atoms with van der Waals surface area (Å²) in [6, 6.07) is 12.3. The van der Waals surface area contributed by atoms with E-state index >= 15 is 0 Å². The summed E-state index contributed by atoms with van der Waals surface area (Å²) < 4.78 is 48.4. The van der Waals surface area contributed by atoms with Crippen LogP contribution in [0.5, 0.6) is 0 Å². The van der Waals surface area contributed by atoms with Crippen molar-refractivity contribution in [1.82, 2.24) is 9.66 Å². The summed E-state index contributed by atoms with van der Waals surface area (Å²) in [6.45, 7) is 3.78. The van der Waals surface area contributed by atoms with Gasteiger partial charge in [-0.1, -0.05) is 36.8 Å². The van der Waals surface area contributed by atoms with Crippen molar-refractivity contribution < 1.29 is 16.8 Å². The molecule has 8 heteroatoms. The Morgan fingerprint density at radius 2 is 1.13 bits per heavy atom. The van der Waals surface area contributed by atoms with Crippen molar-refractivity contribution in [2.24, 2.45) is 0 Å².